The molecule has 0 aliphatic carbocycles. The third-order valence-corrected chi connectivity index (χ3v) is 3.52. The quantitative estimate of drug-likeness (QED) is 0.610. The summed E-state index contributed by atoms with van der Waals surface area (Å²) in [6.07, 6.45) is 2.84. The van der Waals surface area contributed by atoms with E-state index in [1.165, 1.54) is 25.1 Å². The Morgan fingerprint density at radius 3 is 2.83 bits per heavy atom. The molecule has 0 amide bonds. The van der Waals surface area contributed by atoms with Crippen LogP contribution in [0.15, 0.2) is 0 Å². The Morgan fingerprint density at radius 1 is 1.33 bits per heavy atom. The van der Waals surface area contributed by atoms with Crippen LogP contribution in [0.3, 0.4) is 0 Å². The molecule has 0 saturated carbocycles. The number of hydrogen-bond acceptors (Lipinski definition) is 3. The van der Waals surface area contributed by atoms with Crippen LogP contribution in [-0.2, 0) is 0 Å². The van der Waals surface area contributed by atoms with E-state index in [-0.39, 0.29) is 0 Å². The lowest BCUT2D eigenvalue weighted by Crippen LogP contribution is -2.31. The van der Waals surface area contributed by atoms with E-state index >= 15 is 0 Å². The topological polar surface area (TPSA) is 24.1 Å². The summed E-state index contributed by atoms with van der Waals surface area (Å²) in [4.78, 5) is 0. The van der Waals surface area contributed by atoms with Gasteiger partial charge in [-0.25, -0.2) is 0 Å². The standard InChI is InChI=1S/C9H20N2S/c1-2-10-5-6-11-8-9-4-3-7-12-9/h9-11H,2-8H2,1H3. The summed E-state index contributed by atoms with van der Waals surface area (Å²) < 4.78 is 0. The van der Waals surface area contributed by atoms with Gasteiger partial charge < -0.3 is 10.6 Å². The van der Waals surface area contributed by atoms with E-state index in [0.717, 1.165) is 24.9 Å². The molecule has 1 unspecified atom stereocenters. The van der Waals surface area contributed by atoms with E-state index in [0.29, 0.717) is 0 Å². The van der Waals surface area contributed by atoms with Gasteiger partial charge in [0.05, 0.1) is 0 Å². The molecule has 1 heterocycles. The van der Waals surface area contributed by atoms with E-state index in [4.69, 9.17) is 0 Å². The summed E-state index contributed by atoms with van der Waals surface area (Å²) in [6, 6.07) is 0. The van der Waals surface area contributed by atoms with Crippen molar-refractivity contribution in [1.29, 1.82) is 0 Å². The molecule has 0 bridgehead atoms. The smallest absolute Gasteiger partial charge is 0.0172 e. The summed E-state index contributed by atoms with van der Waals surface area (Å²) in [5.41, 5.74) is 0. The average Bonchev–Trinajstić information content (AvgIpc) is 2.57. The van der Waals surface area contributed by atoms with Crippen LogP contribution in [0.5, 0.6) is 0 Å². The van der Waals surface area contributed by atoms with Gasteiger partial charge >= 0.3 is 0 Å². The minimum absolute atomic E-state index is 0.895. The lowest BCUT2D eigenvalue weighted by molar-refractivity contribution is 0.606. The van der Waals surface area contributed by atoms with E-state index in [1.807, 2.05) is 0 Å². The predicted octanol–water partition coefficient (Wildman–Crippen LogP) is 1.08. The van der Waals surface area contributed by atoms with E-state index < -0.39 is 0 Å². The van der Waals surface area contributed by atoms with Crippen molar-refractivity contribution in [2.45, 2.75) is 25.0 Å². The SMILES string of the molecule is CCNCCNCC1CCCS1. The first-order valence-electron chi connectivity index (χ1n) is 4.96. The molecular formula is C9H20N2S. The summed E-state index contributed by atoms with van der Waals surface area (Å²) in [5.74, 6) is 1.37. The second kappa shape index (κ2) is 6.75. The molecule has 1 fully saturated rings. The predicted molar refractivity (Wildman–Crippen MR) is 56.9 cm³/mol. The summed E-state index contributed by atoms with van der Waals surface area (Å²) in [5, 5.41) is 7.68. The molecule has 2 N–H and O–H groups in total. The zero-order valence-electron chi connectivity index (χ0n) is 7.94. The number of hydrogen-bond donors (Lipinski definition) is 2. The Kier molecular flexibility index (Phi) is 5.82. The summed E-state index contributed by atoms with van der Waals surface area (Å²) in [7, 11) is 0. The van der Waals surface area contributed by atoms with Crippen molar-refractivity contribution in [3.63, 3.8) is 0 Å². The fraction of sp³-hybridized carbons (Fsp3) is 1.00. The Hall–Kier alpha value is 0.270. The highest BCUT2D eigenvalue weighted by atomic mass is 32.2. The second-order valence-electron chi connectivity index (χ2n) is 3.19. The molecule has 3 heteroatoms. The van der Waals surface area contributed by atoms with Crippen molar-refractivity contribution < 1.29 is 0 Å². The molecule has 0 aromatic carbocycles. The van der Waals surface area contributed by atoms with Crippen LogP contribution in [-0.4, -0.2) is 37.2 Å². The molecule has 12 heavy (non-hydrogen) atoms. The Bertz CT molecular complexity index is 103. The minimum Gasteiger partial charge on any atom is -0.316 e. The average molecular weight is 188 g/mol. The third kappa shape index (κ3) is 4.33. The van der Waals surface area contributed by atoms with Crippen molar-refractivity contribution >= 4 is 11.8 Å². The second-order valence-corrected chi connectivity index (χ2v) is 4.60. The van der Waals surface area contributed by atoms with Crippen LogP contribution < -0.4 is 10.6 Å². The van der Waals surface area contributed by atoms with Gasteiger partial charge in [-0.2, -0.15) is 11.8 Å². The van der Waals surface area contributed by atoms with Gasteiger partial charge in [-0.15, -0.1) is 0 Å². The number of thioether (sulfide) groups is 1. The fourth-order valence-corrected chi connectivity index (χ4v) is 2.66. The molecule has 1 aliphatic rings. The van der Waals surface area contributed by atoms with E-state index in [2.05, 4.69) is 29.3 Å². The van der Waals surface area contributed by atoms with Gasteiger partial charge in [0.1, 0.15) is 0 Å². The maximum atomic E-state index is 3.48. The van der Waals surface area contributed by atoms with Gasteiger partial charge in [0, 0.05) is 24.9 Å². The molecule has 1 aliphatic heterocycles. The molecule has 1 saturated heterocycles. The molecule has 2 nitrogen and oxygen atoms in total. The van der Waals surface area contributed by atoms with Crippen molar-refractivity contribution in [1.82, 2.24) is 10.6 Å². The van der Waals surface area contributed by atoms with Gasteiger partial charge in [0.15, 0.2) is 0 Å². The lowest BCUT2D eigenvalue weighted by atomic mass is 10.2. The van der Waals surface area contributed by atoms with E-state index in [9.17, 15) is 0 Å². The molecule has 0 aromatic rings. The molecule has 72 valence electrons. The molecule has 0 aromatic heterocycles. The zero-order chi connectivity index (χ0) is 8.65. The molecular weight excluding hydrogens is 168 g/mol. The van der Waals surface area contributed by atoms with Gasteiger partial charge in [-0.1, -0.05) is 6.92 Å². The zero-order valence-corrected chi connectivity index (χ0v) is 8.75. The molecule has 1 atom stereocenters. The van der Waals surface area contributed by atoms with E-state index in [1.54, 1.807) is 0 Å². The maximum absolute atomic E-state index is 3.48. The Labute approximate surface area is 79.9 Å². The monoisotopic (exact) mass is 188 g/mol. The van der Waals surface area contributed by atoms with Gasteiger partial charge in [0.2, 0.25) is 0 Å². The Morgan fingerprint density at radius 2 is 2.17 bits per heavy atom. The highest BCUT2D eigenvalue weighted by Crippen LogP contribution is 2.24. The van der Waals surface area contributed by atoms with Crippen LogP contribution in [0.25, 0.3) is 0 Å². The van der Waals surface area contributed by atoms with Crippen LogP contribution >= 0.6 is 11.8 Å². The van der Waals surface area contributed by atoms with Crippen molar-refractivity contribution in [3.05, 3.63) is 0 Å². The first-order valence-corrected chi connectivity index (χ1v) is 6.01. The first-order chi connectivity index (χ1) is 5.93. The van der Waals surface area contributed by atoms with Gasteiger partial charge in [0.25, 0.3) is 0 Å². The third-order valence-electron chi connectivity index (χ3n) is 2.12. The maximum Gasteiger partial charge on any atom is 0.0172 e. The van der Waals surface area contributed by atoms with Crippen molar-refractivity contribution in [3.8, 4) is 0 Å². The molecule has 0 spiro atoms. The summed E-state index contributed by atoms with van der Waals surface area (Å²) in [6.45, 7) is 6.65. The van der Waals surface area contributed by atoms with Crippen molar-refractivity contribution in [2.24, 2.45) is 0 Å². The highest BCUT2D eigenvalue weighted by molar-refractivity contribution is 8.00. The fourth-order valence-electron chi connectivity index (χ4n) is 1.42. The minimum atomic E-state index is 0.895. The first kappa shape index (κ1) is 10.4. The largest absolute Gasteiger partial charge is 0.316 e. The van der Waals surface area contributed by atoms with Crippen molar-refractivity contribution in [2.75, 3.05) is 31.9 Å². The number of likely N-dealkylation sites (N-methyl/N-ethyl adjacent to an activating group) is 1. The van der Waals surface area contributed by atoms with Gasteiger partial charge in [-0.05, 0) is 25.1 Å². The van der Waals surface area contributed by atoms with Crippen LogP contribution in [0, 0.1) is 0 Å². The normalized spacial score (nSPS) is 23.2. The van der Waals surface area contributed by atoms with Gasteiger partial charge in [-0.3, -0.25) is 0 Å². The molecule has 1 rings (SSSR count). The molecule has 0 radical (unpaired) electrons. The van der Waals surface area contributed by atoms with Crippen LogP contribution in [0.4, 0.5) is 0 Å². The lowest BCUT2D eigenvalue weighted by Gasteiger charge is -2.09. The number of rotatable bonds is 6. The number of nitrogens with one attached hydrogen (secondary N) is 2. The Balaban J connectivity index is 1.81. The highest BCUT2D eigenvalue weighted by Gasteiger charge is 2.13. The van der Waals surface area contributed by atoms with Crippen LogP contribution in [0.1, 0.15) is 19.8 Å². The summed E-state index contributed by atoms with van der Waals surface area (Å²) >= 11 is 2.12. The van der Waals surface area contributed by atoms with Crippen LogP contribution in [0.2, 0.25) is 0 Å².